The highest BCUT2D eigenvalue weighted by molar-refractivity contribution is 7.99. The molecule has 1 fully saturated rings. The van der Waals surface area contributed by atoms with Crippen LogP contribution >= 0.6 is 11.8 Å². The van der Waals surface area contributed by atoms with Crippen LogP contribution in [0.2, 0.25) is 0 Å². The molecular weight excluding hydrogens is 244 g/mol. The smallest absolute Gasteiger partial charge is 0.128 e. The number of aliphatic hydroxyl groups is 1. The lowest BCUT2D eigenvalue weighted by atomic mass is 10.1. The third-order valence-corrected chi connectivity index (χ3v) is 4.72. The van der Waals surface area contributed by atoms with Gasteiger partial charge in [-0.1, -0.05) is 0 Å². The van der Waals surface area contributed by atoms with Crippen molar-refractivity contribution in [2.45, 2.75) is 37.5 Å². The van der Waals surface area contributed by atoms with Crippen molar-refractivity contribution in [1.82, 2.24) is 4.98 Å². The third kappa shape index (κ3) is 3.39. The molecule has 0 saturated carbocycles. The molecule has 1 aliphatic rings. The Morgan fingerprint density at radius 3 is 3.00 bits per heavy atom. The molecule has 0 amide bonds. The fourth-order valence-corrected chi connectivity index (χ4v) is 3.14. The third-order valence-electron chi connectivity index (χ3n) is 3.58. The first-order chi connectivity index (χ1) is 8.70. The van der Waals surface area contributed by atoms with E-state index in [9.17, 15) is 5.11 Å². The van der Waals surface area contributed by atoms with Crippen molar-refractivity contribution in [3.05, 3.63) is 23.9 Å². The van der Waals surface area contributed by atoms with Crippen molar-refractivity contribution < 1.29 is 5.11 Å². The van der Waals surface area contributed by atoms with E-state index in [1.807, 2.05) is 23.9 Å². The number of aliphatic hydroxyl groups excluding tert-OH is 1. The van der Waals surface area contributed by atoms with E-state index >= 15 is 0 Å². The summed E-state index contributed by atoms with van der Waals surface area (Å²) in [5, 5.41) is 10.4. The zero-order valence-corrected chi connectivity index (χ0v) is 12.0. The maximum Gasteiger partial charge on any atom is 0.128 e. The normalized spacial score (nSPS) is 22.6. The Morgan fingerprint density at radius 1 is 1.44 bits per heavy atom. The van der Waals surface area contributed by atoms with E-state index in [1.54, 1.807) is 13.1 Å². The maximum absolute atomic E-state index is 9.63. The second-order valence-electron chi connectivity index (χ2n) is 4.90. The van der Waals surface area contributed by atoms with Crippen molar-refractivity contribution >= 4 is 17.6 Å². The molecule has 3 nitrogen and oxygen atoms in total. The fraction of sp³-hybridized carbons (Fsp3) is 0.643. The van der Waals surface area contributed by atoms with Crippen LogP contribution in [-0.2, 0) is 0 Å². The van der Waals surface area contributed by atoms with E-state index in [0.29, 0.717) is 0 Å². The second-order valence-corrected chi connectivity index (χ2v) is 6.04. The Balaban J connectivity index is 2.08. The van der Waals surface area contributed by atoms with E-state index in [-0.39, 0.29) is 0 Å². The quantitative estimate of drug-likeness (QED) is 0.912. The van der Waals surface area contributed by atoms with Crippen molar-refractivity contribution in [2.75, 3.05) is 24.2 Å². The molecule has 100 valence electrons. The van der Waals surface area contributed by atoms with Gasteiger partial charge >= 0.3 is 0 Å². The number of aromatic nitrogens is 1. The zero-order chi connectivity index (χ0) is 13.0. The summed E-state index contributed by atoms with van der Waals surface area (Å²) in [6, 6.07) is 3.90. The molecule has 0 bridgehead atoms. The number of rotatable bonds is 3. The molecule has 1 aromatic heterocycles. The van der Waals surface area contributed by atoms with Crippen molar-refractivity contribution in [1.29, 1.82) is 0 Å². The van der Waals surface area contributed by atoms with Crippen LogP contribution in [0.4, 0.5) is 5.82 Å². The monoisotopic (exact) mass is 266 g/mol. The number of thioether (sulfide) groups is 1. The Morgan fingerprint density at radius 2 is 2.28 bits per heavy atom. The first-order valence-corrected chi connectivity index (χ1v) is 7.91. The Labute approximate surface area is 114 Å². The fourth-order valence-electron chi connectivity index (χ4n) is 2.40. The molecule has 1 saturated heterocycles. The number of anilines is 1. The lowest BCUT2D eigenvalue weighted by Gasteiger charge is -2.22. The molecule has 0 spiro atoms. The molecule has 1 aromatic rings. The van der Waals surface area contributed by atoms with Crippen LogP contribution in [0.15, 0.2) is 18.3 Å². The van der Waals surface area contributed by atoms with Gasteiger partial charge < -0.3 is 10.0 Å². The van der Waals surface area contributed by atoms with Crippen molar-refractivity contribution in [2.24, 2.45) is 0 Å². The first-order valence-electron chi connectivity index (χ1n) is 6.62. The number of hydrogen-bond donors (Lipinski definition) is 1. The predicted molar refractivity (Wildman–Crippen MR) is 78.2 cm³/mol. The number of nitrogens with zero attached hydrogens (tertiary/aromatic N) is 2. The van der Waals surface area contributed by atoms with Crippen LogP contribution in [-0.4, -0.2) is 34.7 Å². The Hall–Kier alpha value is -0.740. The molecule has 1 aliphatic heterocycles. The molecule has 4 heteroatoms. The molecular formula is C14H22N2OS. The summed E-state index contributed by atoms with van der Waals surface area (Å²) in [5.41, 5.74) is 0.950. The predicted octanol–water partition coefficient (Wildman–Crippen LogP) is 2.86. The minimum Gasteiger partial charge on any atom is -0.389 e. The summed E-state index contributed by atoms with van der Waals surface area (Å²) < 4.78 is 0. The average molecular weight is 266 g/mol. The van der Waals surface area contributed by atoms with Crippen LogP contribution in [0, 0.1) is 0 Å². The van der Waals surface area contributed by atoms with E-state index in [2.05, 4.69) is 16.1 Å². The van der Waals surface area contributed by atoms with Gasteiger partial charge in [-0.05, 0) is 50.1 Å². The van der Waals surface area contributed by atoms with E-state index in [0.717, 1.165) is 29.7 Å². The minimum atomic E-state index is -0.419. The van der Waals surface area contributed by atoms with Gasteiger partial charge in [0.15, 0.2) is 0 Å². The highest BCUT2D eigenvalue weighted by Crippen LogP contribution is 2.25. The largest absolute Gasteiger partial charge is 0.389 e. The van der Waals surface area contributed by atoms with E-state index in [4.69, 9.17) is 0 Å². The standard InChI is InChI=1S/C14H22N2OS/c1-11(17)12-5-7-15-14(10-12)16-8-3-4-13(18-2)6-9-16/h5,7,10-11,13,17H,3-4,6,8-9H2,1-2H3/t11-,13?/m0/s1. The van der Waals surface area contributed by atoms with Gasteiger partial charge in [-0.2, -0.15) is 11.8 Å². The van der Waals surface area contributed by atoms with Crippen molar-refractivity contribution in [3.63, 3.8) is 0 Å². The summed E-state index contributed by atoms with van der Waals surface area (Å²) in [5.74, 6) is 1.01. The van der Waals surface area contributed by atoms with Crippen LogP contribution in [0.5, 0.6) is 0 Å². The van der Waals surface area contributed by atoms with Crippen LogP contribution in [0.3, 0.4) is 0 Å². The van der Waals surface area contributed by atoms with Gasteiger partial charge in [-0.15, -0.1) is 0 Å². The molecule has 2 heterocycles. The van der Waals surface area contributed by atoms with Crippen LogP contribution < -0.4 is 4.90 Å². The highest BCUT2D eigenvalue weighted by Gasteiger charge is 2.17. The van der Waals surface area contributed by atoms with Gasteiger partial charge in [0.2, 0.25) is 0 Å². The summed E-state index contributed by atoms with van der Waals surface area (Å²) in [6.07, 6.45) is 7.33. The highest BCUT2D eigenvalue weighted by atomic mass is 32.2. The summed E-state index contributed by atoms with van der Waals surface area (Å²) in [7, 11) is 0. The summed E-state index contributed by atoms with van der Waals surface area (Å²) >= 11 is 1.98. The second kappa shape index (κ2) is 6.43. The SMILES string of the molecule is CSC1CCCN(c2cc([C@H](C)O)ccn2)CC1. The molecule has 0 radical (unpaired) electrons. The first kappa shape index (κ1) is 13.7. The molecule has 1 N–H and O–H groups in total. The molecule has 2 atom stereocenters. The van der Waals surface area contributed by atoms with Crippen LogP contribution in [0.25, 0.3) is 0 Å². The van der Waals surface area contributed by atoms with Gasteiger partial charge in [0.05, 0.1) is 6.10 Å². The average Bonchev–Trinajstić information content (AvgIpc) is 2.64. The molecule has 0 aliphatic carbocycles. The molecule has 0 aromatic carbocycles. The van der Waals surface area contributed by atoms with Gasteiger partial charge in [0.25, 0.3) is 0 Å². The van der Waals surface area contributed by atoms with E-state index < -0.39 is 6.10 Å². The van der Waals surface area contributed by atoms with Gasteiger partial charge in [-0.25, -0.2) is 4.98 Å². The zero-order valence-electron chi connectivity index (χ0n) is 11.2. The summed E-state index contributed by atoms with van der Waals surface area (Å²) in [6.45, 7) is 3.94. The lowest BCUT2D eigenvalue weighted by molar-refractivity contribution is 0.199. The minimum absolute atomic E-state index is 0.419. The Bertz CT molecular complexity index is 384. The summed E-state index contributed by atoms with van der Waals surface area (Å²) in [4.78, 5) is 6.80. The number of pyridine rings is 1. The van der Waals surface area contributed by atoms with Gasteiger partial charge in [-0.3, -0.25) is 0 Å². The van der Waals surface area contributed by atoms with Gasteiger partial charge in [0, 0.05) is 24.5 Å². The van der Waals surface area contributed by atoms with Crippen molar-refractivity contribution in [3.8, 4) is 0 Å². The van der Waals surface area contributed by atoms with E-state index in [1.165, 1.54) is 19.3 Å². The molecule has 2 rings (SSSR count). The molecule has 18 heavy (non-hydrogen) atoms. The topological polar surface area (TPSA) is 36.4 Å². The Kier molecular flexibility index (Phi) is 4.89. The number of hydrogen-bond acceptors (Lipinski definition) is 4. The lowest BCUT2D eigenvalue weighted by Crippen LogP contribution is -2.25. The maximum atomic E-state index is 9.63. The molecule has 1 unspecified atom stereocenters. The van der Waals surface area contributed by atoms with Crippen LogP contribution in [0.1, 0.15) is 37.9 Å². The van der Waals surface area contributed by atoms with Gasteiger partial charge in [0.1, 0.15) is 5.82 Å².